The predicted molar refractivity (Wildman–Crippen MR) is 109 cm³/mol. The van der Waals surface area contributed by atoms with E-state index in [1.807, 2.05) is 30.3 Å². The Hall–Kier alpha value is -3.41. The number of benzene rings is 2. The number of nitrogens with one attached hydrogen (secondary N) is 1. The Labute approximate surface area is 167 Å². The lowest BCUT2D eigenvalue weighted by atomic mass is 10.0. The summed E-state index contributed by atoms with van der Waals surface area (Å²) in [6.45, 7) is 2.28. The molecule has 148 valence electrons. The molecule has 1 aliphatic heterocycles. The zero-order chi connectivity index (χ0) is 20.4. The Balaban J connectivity index is 1.79. The van der Waals surface area contributed by atoms with Crippen LogP contribution >= 0.6 is 0 Å². The summed E-state index contributed by atoms with van der Waals surface area (Å²) in [4.78, 5) is 37.9. The molecule has 0 aliphatic carbocycles. The van der Waals surface area contributed by atoms with Crippen LogP contribution in [0.25, 0.3) is 22.3 Å². The third-order valence-electron chi connectivity index (χ3n) is 5.13. The minimum Gasteiger partial charge on any atom is -0.455 e. The van der Waals surface area contributed by atoms with Crippen LogP contribution in [0.5, 0.6) is 0 Å². The van der Waals surface area contributed by atoms with Crippen molar-refractivity contribution in [2.24, 2.45) is 0 Å². The smallest absolute Gasteiger partial charge is 0.342 e. The van der Waals surface area contributed by atoms with Gasteiger partial charge in [-0.2, -0.15) is 0 Å². The minimum atomic E-state index is -0.842. The SMILES string of the molecule is Cc1c(-c2ccccc2)oc2c(C(=O)O[C@H]3CCCCNC3=O)cccc2c1=O. The van der Waals surface area contributed by atoms with Crippen molar-refractivity contribution in [2.75, 3.05) is 6.54 Å². The van der Waals surface area contributed by atoms with Gasteiger partial charge in [-0.05, 0) is 38.3 Å². The maximum Gasteiger partial charge on any atom is 0.342 e. The van der Waals surface area contributed by atoms with Crippen molar-refractivity contribution in [3.05, 3.63) is 69.9 Å². The molecule has 4 rings (SSSR count). The molecule has 1 fully saturated rings. The quantitative estimate of drug-likeness (QED) is 0.690. The van der Waals surface area contributed by atoms with E-state index in [1.165, 1.54) is 0 Å². The van der Waals surface area contributed by atoms with Crippen molar-refractivity contribution in [3.8, 4) is 11.3 Å². The first-order chi connectivity index (χ1) is 14.1. The van der Waals surface area contributed by atoms with E-state index in [9.17, 15) is 14.4 Å². The summed E-state index contributed by atoms with van der Waals surface area (Å²) in [6.07, 6.45) is 1.27. The molecule has 6 heteroatoms. The van der Waals surface area contributed by atoms with Crippen LogP contribution in [-0.2, 0) is 9.53 Å². The Morgan fingerprint density at radius 2 is 1.86 bits per heavy atom. The van der Waals surface area contributed by atoms with Crippen LogP contribution in [0.2, 0.25) is 0 Å². The number of fused-ring (bicyclic) bond motifs is 1. The molecule has 2 aromatic carbocycles. The lowest BCUT2D eigenvalue weighted by Gasteiger charge is -2.15. The van der Waals surface area contributed by atoms with Crippen LogP contribution in [0.3, 0.4) is 0 Å². The lowest BCUT2D eigenvalue weighted by Crippen LogP contribution is -2.36. The highest BCUT2D eigenvalue weighted by Crippen LogP contribution is 2.28. The molecule has 0 radical (unpaired) electrons. The number of rotatable bonds is 3. The van der Waals surface area contributed by atoms with Crippen LogP contribution in [0.1, 0.15) is 35.2 Å². The maximum atomic E-state index is 12.9. The van der Waals surface area contributed by atoms with Gasteiger partial charge in [-0.15, -0.1) is 0 Å². The fraction of sp³-hybridized carbons (Fsp3) is 0.261. The molecule has 2 heterocycles. The van der Waals surface area contributed by atoms with E-state index in [0.717, 1.165) is 18.4 Å². The summed E-state index contributed by atoms with van der Waals surface area (Å²) in [7, 11) is 0. The maximum absolute atomic E-state index is 12.9. The lowest BCUT2D eigenvalue weighted by molar-refractivity contribution is -0.129. The molecule has 0 saturated carbocycles. The van der Waals surface area contributed by atoms with E-state index in [4.69, 9.17) is 9.15 Å². The molecular formula is C23H21NO5. The fourth-order valence-corrected chi connectivity index (χ4v) is 3.55. The van der Waals surface area contributed by atoms with E-state index in [0.29, 0.717) is 29.7 Å². The van der Waals surface area contributed by atoms with E-state index >= 15 is 0 Å². The zero-order valence-corrected chi connectivity index (χ0v) is 16.1. The van der Waals surface area contributed by atoms with Gasteiger partial charge in [0.2, 0.25) is 0 Å². The van der Waals surface area contributed by atoms with Gasteiger partial charge >= 0.3 is 5.97 Å². The second-order valence-electron chi connectivity index (χ2n) is 7.11. The summed E-state index contributed by atoms with van der Waals surface area (Å²) in [6, 6.07) is 14.0. The Morgan fingerprint density at radius 3 is 2.66 bits per heavy atom. The van der Waals surface area contributed by atoms with Crippen molar-refractivity contribution in [1.82, 2.24) is 5.32 Å². The molecular weight excluding hydrogens is 370 g/mol. The standard InChI is InChI=1S/C23H21NO5/c1-14-19(25)16-10-7-11-17(21(16)29-20(14)15-8-3-2-4-9-15)23(27)28-18-12-5-6-13-24-22(18)26/h2-4,7-11,18H,5-6,12-13H2,1H3,(H,24,26)/t18-/m0/s1. The van der Waals surface area contributed by atoms with Gasteiger partial charge in [0, 0.05) is 17.7 Å². The number of carbonyl (C=O) groups is 2. The number of hydrogen-bond acceptors (Lipinski definition) is 5. The van der Waals surface area contributed by atoms with E-state index < -0.39 is 12.1 Å². The van der Waals surface area contributed by atoms with Gasteiger partial charge in [0.15, 0.2) is 17.1 Å². The number of esters is 1. The zero-order valence-electron chi connectivity index (χ0n) is 16.1. The predicted octanol–water partition coefficient (Wildman–Crippen LogP) is 3.59. The van der Waals surface area contributed by atoms with Gasteiger partial charge in [0.25, 0.3) is 5.91 Å². The Kier molecular flexibility index (Phi) is 5.16. The number of hydrogen-bond donors (Lipinski definition) is 1. The molecule has 0 bridgehead atoms. The topological polar surface area (TPSA) is 85.6 Å². The molecule has 1 N–H and O–H groups in total. The highest BCUT2D eigenvalue weighted by Gasteiger charge is 2.27. The second kappa shape index (κ2) is 7.91. The molecule has 0 spiro atoms. The first kappa shape index (κ1) is 18.9. The van der Waals surface area contributed by atoms with Gasteiger partial charge in [0.05, 0.1) is 5.39 Å². The number of amides is 1. The highest BCUT2D eigenvalue weighted by atomic mass is 16.5. The normalized spacial score (nSPS) is 16.9. The Morgan fingerprint density at radius 1 is 1.07 bits per heavy atom. The van der Waals surface area contributed by atoms with Crippen molar-refractivity contribution in [2.45, 2.75) is 32.3 Å². The van der Waals surface area contributed by atoms with Gasteiger partial charge < -0.3 is 14.5 Å². The molecule has 1 saturated heterocycles. The summed E-state index contributed by atoms with van der Waals surface area (Å²) in [5.74, 6) is -0.558. The molecule has 1 atom stereocenters. The van der Waals surface area contributed by atoms with Crippen LogP contribution in [0, 0.1) is 6.92 Å². The Bertz CT molecular complexity index is 1130. The highest BCUT2D eigenvalue weighted by molar-refractivity contribution is 6.03. The molecule has 6 nitrogen and oxygen atoms in total. The second-order valence-corrected chi connectivity index (χ2v) is 7.11. The van der Waals surface area contributed by atoms with Crippen molar-refractivity contribution < 1.29 is 18.7 Å². The summed E-state index contributed by atoms with van der Waals surface area (Å²) < 4.78 is 11.5. The molecule has 1 aromatic heterocycles. The first-order valence-corrected chi connectivity index (χ1v) is 9.67. The van der Waals surface area contributed by atoms with Gasteiger partial charge in [-0.1, -0.05) is 36.4 Å². The van der Waals surface area contributed by atoms with Crippen molar-refractivity contribution in [1.29, 1.82) is 0 Å². The van der Waals surface area contributed by atoms with Crippen molar-refractivity contribution >= 4 is 22.8 Å². The van der Waals surface area contributed by atoms with Gasteiger partial charge in [-0.3, -0.25) is 9.59 Å². The molecule has 29 heavy (non-hydrogen) atoms. The fourth-order valence-electron chi connectivity index (χ4n) is 3.55. The van der Waals surface area contributed by atoms with Crippen LogP contribution in [-0.4, -0.2) is 24.5 Å². The third-order valence-corrected chi connectivity index (χ3v) is 5.13. The number of para-hydroxylation sites is 1. The number of carbonyl (C=O) groups excluding carboxylic acids is 2. The summed E-state index contributed by atoms with van der Waals surface area (Å²) >= 11 is 0. The van der Waals surface area contributed by atoms with Gasteiger partial charge in [0.1, 0.15) is 11.3 Å². The van der Waals surface area contributed by atoms with Crippen molar-refractivity contribution in [3.63, 3.8) is 0 Å². The summed E-state index contributed by atoms with van der Waals surface area (Å²) in [5, 5.41) is 3.05. The average Bonchev–Trinajstić information content (AvgIpc) is 2.95. The number of ether oxygens (including phenoxy) is 1. The molecule has 1 amide bonds. The average molecular weight is 391 g/mol. The summed E-state index contributed by atoms with van der Waals surface area (Å²) in [5.41, 5.74) is 1.31. The third kappa shape index (κ3) is 3.66. The largest absolute Gasteiger partial charge is 0.455 e. The molecule has 3 aromatic rings. The van der Waals surface area contributed by atoms with Crippen LogP contribution < -0.4 is 10.7 Å². The van der Waals surface area contributed by atoms with E-state index in [2.05, 4.69) is 5.32 Å². The van der Waals surface area contributed by atoms with Crippen LogP contribution in [0.15, 0.2) is 57.7 Å². The van der Waals surface area contributed by atoms with Crippen LogP contribution in [0.4, 0.5) is 0 Å². The monoisotopic (exact) mass is 391 g/mol. The van der Waals surface area contributed by atoms with E-state index in [1.54, 1.807) is 25.1 Å². The molecule has 1 aliphatic rings. The molecule has 0 unspecified atom stereocenters. The van der Waals surface area contributed by atoms with Gasteiger partial charge in [-0.25, -0.2) is 4.79 Å². The first-order valence-electron chi connectivity index (χ1n) is 9.67. The van der Waals surface area contributed by atoms with E-state index in [-0.39, 0.29) is 22.5 Å². The minimum absolute atomic E-state index is 0.133.